The molecule has 10 nitrogen and oxygen atoms in total. The lowest BCUT2D eigenvalue weighted by atomic mass is 9.81. The summed E-state index contributed by atoms with van der Waals surface area (Å²) in [7, 11) is 3.89. The number of carbonyl (C=O) groups excluding carboxylic acids is 1. The minimum Gasteiger partial charge on any atom is -0.377 e. The lowest BCUT2D eigenvalue weighted by Gasteiger charge is -2.35. The second-order valence-corrected chi connectivity index (χ2v) is 10.2. The number of hydrogen-bond donors (Lipinski definition) is 1. The molecule has 1 aliphatic heterocycles. The van der Waals surface area contributed by atoms with Gasteiger partial charge in [-0.25, -0.2) is 4.68 Å². The van der Waals surface area contributed by atoms with Crippen molar-refractivity contribution in [3.8, 4) is 11.3 Å². The lowest BCUT2D eigenvalue weighted by molar-refractivity contribution is -0.123. The van der Waals surface area contributed by atoms with Crippen LogP contribution in [-0.4, -0.2) is 63.5 Å². The SMILES string of the molecule is CN(C)c1cc(C(=O)NCc2cnc(C3CC3)cn2)ccc1-c1cn(CC2OCC3(CCC3)O2)nn1. The van der Waals surface area contributed by atoms with Crippen LogP contribution >= 0.6 is 0 Å². The Balaban J connectivity index is 1.12. The summed E-state index contributed by atoms with van der Waals surface area (Å²) in [6.07, 6.45) is 10.9. The van der Waals surface area contributed by atoms with Crippen LogP contribution in [0.25, 0.3) is 11.3 Å². The monoisotopic (exact) mass is 489 g/mol. The summed E-state index contributed by atoms with van der Waals surface area (Å²) in [5.41, 5.74) is 4.78. The van der Waals surface area contributed by atoms with Crippen LogP contribution in [0.15, 0.2) is 36.8 Å². The Morgan fingerprint density at radius 1 is 1.22 bits per heavy atom. The Morgan fingerprint density at radius 3 is 2.75 bits per heavy atom. The third kappa shape index (κ3) is 4.70. The number of nitrogens with zero attached hydrogens (tertiary/aromatic N) is 6. The smallest absolute Gasteiger partial charge is 0.251 e. The molecule has 1 saturated heterocycles. The molecule has 1 spiro atoms. The van der Waals surface area contributed by atoms with Crippen molar-refractivity contribution in [2.45, 2.75) is 63.0 Å². The maximum absolute atomic E-state index is 12.9. The highest BCUT2D eigenvalue weighted by Gasteiger charge is 2.46. The average Bonchev–Trinajstić information content (AvgIpc) is 3.46. The van der Waals surface area contributed by atoms with Crippen molar-refractivity contribution in [3.63, 3.8) is 0 Å². The summed E-state index contributed by atoms with van der Waals surface area (Å²) in [5.74, 6) is 0.399. The molecule has 188 valence electrons. The molecule has 1 N–H and O–H groups in total. The third-order valence-electron chi connectivity index (χ3n) is 7.22. The van der Waals surface area contributed by atoms with E-state index in [1.165, 1.54) is 19.3 Å². The summed E-state index contributed by atoms with van der Waals surface area (Å²) < 4.78 is 13.7. The highest BCUT2D eigenvalue weighted by atomic mass is 16.7. The molecule has 36 heavy (non-hydrogen) atoms. The summed E-state index contributed by atoms with van der Waals surface area (Å²) in [6.45, 7) is 1.49. The second kappa shape index (κ2) is 9.25. The Bertz CT molecular complexity index is 1250. The third-order valence-corrected chi connectivity index (χ3v) is 7.22. The fourth-order valence-corrected chi connectivity index (χ4v) is 4.76. The minimum atomic E-state index is -0.297. The Labute approximate surface area is 210 Å². The minimum absolute atomic E-state index is 0.0742. The van der Waals surface area contributed by atoms with Crippen LogP contribution in [0.1, 0.15) is 59.8 Å². The van der Waals surface area contributed by atoms with Gasteiger partial charge in [-0.1, -0.05) is 5.21 Å². The molecule has 10 heteroatoms. The Kier molecular flexibility index (Phi) is 5.93. The number of rotatable bonds is 8. The van der Waals surface area contributed by atoms with E-state index in [2.05, 4.69) is 25.6 Å². The zero-order valence-corrected chi connectivity index (χ0v) is 20.7. The molecule has 0 bridgehead atoms. The molecular weight excluding hydrogens is 458 g/mol. The van der Waals surface area contributed by atoms with Crippen molar-refractivity contribution in [3.05, 3.63) is 53.7 Å². The molecule has 3 heterocycles. The van der Waals surface area contributed by atoms with Crippen LogP contribution in [0.2, 0.25) is 0 Å². The van der Waals surface area contributed by atoms with E-state index >= 15 is 0 Å². The number of amides is 1. The molecule has 6 rings (SSSR count). The predicted octanol–water partition coefficient (Wildman–Crippen LogP) is 2.90. The van der Waals surface area contributed by atoms with E-state index < -0.39 is 0 Å². The molecule has 1 unspecified atom stereocenters. The fourth-order valence-electron chi connectivity index (χ4n) is 4.76. The van der Waals surface area contributed by atoms with Gasteiger partial charge in [0, 0.05) is 43.0 Å². The molecule has 1 atom stereocenters. The van der Waals surface area contributed by atoms with Crippen LogP contribution in [0.3, 0.4) is 0 Å². The lowest BCUT2D eigenvalue weighted by Crippen LogP contribution is -2.40. The second-order valence-electron chi connectivity index (χ2n) is 10.2. The zero-order valence-electron chi connectivity index (χ0n) is 20.7. The molecule has 1 amide bonds. The number of anilines is 1. The van der Waals surface area contributed by atoms with Gasteiger partial charge in [-0.05, 0) is 50.3 Å². The number of carbonyl (C=O) groups is 1. The van der Waals surface area contributed by atoms with Crippen molar-refractivity contribution in [2.24, 2.45) is 0 Å². The molecular formula is C26H31N7O3. The maximum atomic E-state index is 12.9. The number of benzene rings is 1. The van der Waals surface area contributed by atoms with E-state index in [0.717, 1.165) is 41.2 Å². The van der Waals surface area contributed by atoms with E-state index in [4.69, 9.17) is 9.47 Å². The van der Waals surface area contributed by atoms with Gasteiger partial charge in [-0.15, -0.1) is 5.10 Å². The average molecular weight is 490 g/mol. The van der Waals surface area contributed by atoms with Gasteiger partial charge in [-0.2, -0.15) is 0 Å². The summed E-state index contributed by atoms with van der Waals surface area (Å²) in [6, 6.07) is 5.59. The Hall–Kier alpha value is -3.37. The van der Waals surface area contributed by atoms with E-state index in [9.17, 15) is 4.79 Å². The van der Waals surface area contributed by atoms with Gasteiger partial charge < -0.3 is 19.7 Å². The standard InChI is InChI=1S/C26H31N7O3/c1-32(2)23-10-18(25(34)29-12-19-11-28-21(13-27-19)17-4-5-17)6-7-20(23)22-14-33(31-30-22)15-24-35-16-26(36-24)8-3-9-26/h6-7,10-11,13-14,17,24H,3-5,8-9,12,15-16H2,1-2H3,(H,29,34). The van der Waals surface area contributed by atoms with E-state index in [-0.39, 0.29) is 17.8 Å². The van der Waals surface area contributed by atoms with Crippen molar-refractivity contribution in [1.82, 2.24) is 30.3 Å². The number of hydrogen-bond acceptors (Lipinski definition) is 8. The number of aromatic nitrogens is 5. The first-order chi connectivity index (χ1) is 17.5. The molecule has 2 saturated carbocycles. The maximum Gasteiger partial charge on any atom is 0.251 e. The summed E-state index contributed by atoms with van der Waals surface area (Å²) in [5, 5.41) is 11.6. The highest BCUT2D eigenvalue weighted by Crippen LogP contribution is 2.41. The Morgan fingerprint density at radius 2 is 2.08 bits per heavy atom. The predicted molar refractivity (Wildman–Crippen MR) is 132 cm³/mol. The number of nitrogens with one attached hydrogen (secondary N) is 1. The largest absolute Gasteiger partial charge is 0.377 e. The van der Waals surface area contributed by atoms with Gasteiger partial charge in [0.2, 0.25) is 0 Å². The molecule has 0 radical (unpaired) electrons. The topological polar surface area (TPSA) is 107 Å². The zero-order chi connectivity index (χ0) is 24.7. The van der Waals surface area contributed by atoms with E-state index in [1.807, 2.05) is 49.6 Å². The van der Waals surface area contributed by atoms with Crippen molar-refractivity contribution in [2.75, 3.05) is 25.6 Å². The quantitative estimate of drug-likeness (QED) is 0.515. The van der Waals surface area contributed by atoms with Crippen molar-refractivity contribution in [1.29, 1.82) is 0 Å². The summed E-state index contributed by atoms with van der Waals surface area (Å²) >= 11 is 0. The highest BCUT2D eigenvalue weighted by molar-refractivity contribution is 5.96. The van der Waals surface area contributed by atoms with Gasteiger partial charge in [-0.3, -0.25) is 14.8 Å². The van der Waals surface area contributed by atoms with Gasteiger partial charge in [0.25, 0.3) is 5.91 Å². The fraction of sp³-hybridized carbons (Fsp3) is 0.500. The van der Waals surface area contributed by atoms with Gasteiger partial charge in [0.15, 0.2) is 6.29 Å². The van der Waals surface area contributed by atoms with Gasteiger partial charge in [0.05, 0.1) is 49.1 Å². The first-order valence-corrected chi connectivity index (χ1v) is 12.6. The van der Waals surface area contributed by atoms with Crippen LogP contribution in [-0.2, 0) is 22.6 Å². The molecule has 2 aromatic heterocycles. The van der Waals surface area contributed by atoms with E-state index in [0.29, 0.717) is 31.2 Å². The summed E-state index contributed by atoms with van der Waals surface area (Å²) in [4.78, 5) is 23.7. The van der Waals surface area contributed by atoms with E-state index in [1.54, 1.807) is 10.9 Å². The first kappa shape index (κ1) is 23.1. The van der Waals surface area contributed by atoms with Crippen LogP contribution < -0.4 is 10.2 Å². The normalized spacial score (nSPS) is 20.3. The van der Waals surface area contributed by atoms with Crippen LogP contribution in [0.4, 0.5) is 5.69 Å². The molecule has 3 aliphatic rings. The van der Waals surface area contributed by atoms with Gasteiger partial charge >= 0.3 is 0 Å². The number of ether oxygens (including phenoxy) is 2. The van der Waals surface area contributed by atoms with Gasteiger partial charge in [0.1, 0.15) is 5.69 Å². The molecule has 2 aliphatic carbocycles. The van der Waals surface area contributed by atoms with Crippen LogP contribution in [0, 0.1) is 0 Å². The first-order valence-electron chi connectivity index (χ1n) is 12.6. The molecule has 1 aromatic carbocycles. The van der Waals surface area contributed by atoms with Crippen molar-refractivity contribution >= 4 is 11.6 Å². The van der Waals surface area contributed by atoms with Crippen LogP contribution in [0.5, 0.6) is 0 Å². The van der Waals surface area contributed by atoms with Crippen molar-refractivity contribution < 1.29 is 14.3 Å². The molecule has 3 aromatic rings. The molecule has 3 fully saturated rings.